The van der Waals surface area contributed by atoms with Crippen molar-refractivity contribution in [2.24, 2.45) is 11.7 Å². The normalized spacial score (nSPS) is 35.8. The number of likely N-dealkylation sites (N-methyl/N-ethyl adjacent to an activating group) is 2. The lowest BCUT2D eigenvalue weighted by atomic mass is 9.92. The van der Waals surface area contributed by atoms with Crippen LogP contribution in [-0.4, -0.2) is 61.5 Å². The summed E-state index contributed by atoms with van der Waals surface area (Å²) in [6.45, 7) is 3.01. The second kappa shape index (κ2) is 5.39. The Morgan fingerprint density at radius 2 is 2.06 bits per heavy atom. The van der Waals surface area contributed by atoms with E-state index in [0.717, 1.165) is 26.1 Å². The van der Waals surface area contributed by atoms with Crippen molar-refractivity contribution in [3.63, 3.8) is 0 Å². The molecule has 0 bridgehead atoms. The van der Waals surface area contributed by atoms with Crippen LogP contribution in [0.25, 0.3) is 0 Å². The van der Waals surface area contributed by atoms with Crippen LogP contribution in [0.15, 0.2) is 0 Å². The van der Waals surface area contributed by atoms with Crippen molar-refractivity contribution in [1.82, 2.24) is 9.80 Å². The maximum absolute atomic E-state index is 13.2. The zero-order chi connectivity index (χ0) is 13.3. The Kier molecular flexibility index (Phi) is 4.24. The highest BCUT2D eigenvalue weighted by Gasteiger charge is 2.40. The molecular formula is C13H25F2N3. The summed E-state index contributed by atoms with van der Waals surface area (Å²) < 4.78 is 26.3. The third kappa shape index (κ3) is 3.39. The molecule has 1 aliphatic heterocycles. The predicted octanol–water partition coefficient (Wildman–Crippen LogP) is 1.38. The van der Waals surface area contributed by atoms with Crippen LogP contribution in [0, 0.1) is 5.92 Å². The number of hydrogen-bond donors (Lipinski definition) is 1. The molecule has 0 radical (unpaired) electrons. The van der Waals surface area contributed by atoms with Gasteiger partial charge in [0.05, 0.1) is 0 Å². The highest BCUT2D eigenvalue weighted by Crippen LogP contribution is 2.41. The third-order valence-electron chi connectivity index (χ3n) is 4.50. The van der Waals surface area contributed by atoms with Crippen molar-refractivity contribution >= 4 is 0 Å². The largest absolute Gasteiger partial charge is 0.326 e. The van der Waals surface area contributed by atoms with Gasteiger partial charge in [0.2, 0.25) is 5.92 Å². The van der Waals surface area contributed by atoms with Crippen LogP contribution in [-0.2, 0) is 0 Å². The second-order valence-electron chi connectivity index (χ2n) is 6.17. The van der Waals surface area contributed by atoms with Gasteiger partial charge in [-0.1, -0.05) is 0 Å². The van der Waals surface area contributed by atoms with Crippen molar-refractivity contribution in [1.29, 1.82) is 0 Å². The standard InChI is InChI=1S/C13H25F2N3/c1-17-5-6-18(2)12(9-17)11(16)7-10-3-4-13(14,15)8-10/h10-12H,3-9,16H2,1-2H3. The van der Waals surface area contributed by atoms with Gasteiger partial charge in [-0.2, -0.15) is 0 Å². The molecule has 2 rings (SSSR count). The highest BCUT2D eigenvalue weighted by molar-refractivity contribution is 4.91. The van der Waals surface area contributed by atoms with E-state index in [1.807, 2.05) is 0 Å². The van der Waals surface area contributed by atoms with Gasteiger partial charge in [-0.05, 0) is 32.9 Å². The number of nitrogens with two attached hydrogens (primary N) is 1. The number of nitrogens with zero attached hydrogens (tertiary/aromatic N) is 2. The topological polar surface area (TPSA) is 32.5 Å². The Hall–Kier alpha value is -0.260. The molecule has 0 amide bonds. The molecule has 106 valence electrons. The maximum atomic E-state index is 13.2. The predicted molar refractivity (Wildman–Crippen MR) is 68.8 cm³/mol. The minimum Gasteiger partial charge on any atom is -0.326 e. The first kappa shape index (κ1) is 14.2. The summed E-state index contributed by atoms with van der Waals surface area (Å²) in [7, 11) is 4.18. The molecule has 1 saturated carbocycles. The summed E-state index contributed by atoms with van der Waals surface area (Å²) in [5.41, 5.74) is 6.26. The Morgan fingerprint density at radius 1 is 1.33 bits per heavy atom. The van der Waals surface area contributed by atoms with Gasteiger partial charge in [-0.25, -0.2) is 8.78 Å². The molecule has 5 heteroatoms. The lowest BCUT2D eigenvalue weighted by molar-refractivity contribution is 0.00363. The number of halogens is 2. The molecule has 3 unspecified atom stereocenters. The number of hydrogen-bond acceptors (Lipinski definition) is 3. The van der Waals surface area contributed by atoms with E-state index in [9.17, 15) is 8.78 Å². The smallest absolute Gasteiger partial charge is 0.248 e. The average Bonchev–Trinajstić information content (AvgIpc) is 2.61. The van der Waals surface area contributed by atoms with Crippen molar-refractivity contribution in [2.45, 2.75) is 43.7 Å². The third-order valence-corrected chi connectivity index (χ3v) is 4.50. The van der Waals surface area contributed by atoms with Crippen LogP contribution in [0.4, 0.5) is 8.78 Å². The fourth-order valence-electron chi connectivity index (χ4n) is 3.29. The van der Waals surface area contributed by atoms with Crippen LogP contribution in [0.1, 0.15) is 25.7 Å². The summed E-state index contributed by atoms with van der Waals surface area (Å²) >= 11 is 0. The molecule has 18 heavy (non-hydrogen) atoms. The van der Waals surface area contributed by atoms with E-state index >= 15 is 0 Å². The van der Waals surface area contributed by atoms with Gasteiger partial charge in [-0.15, -0.1) is 0 Å². The molecule has 3 atom stereocenters. The number of rotatable bonds is 3. The summed E-state index contributed by atoms with van der Waals surface area (Å²) in [5, 5.41) is 0. The van der Waals surface area contributed by atoms with E-state index in [1.165, 1.54) is 0 Å². The Bertz CT molecular complexity index is 285. The van der Waals surface area contributed by atoms with E-state index in [1.54, 1.807) is 0 Å². The van der Waals surface area contributed by atoms with Crippen LogP contribution in [0.5, 0.6) is 0 Å². The minimum atomic E-state index is -2.44. The van der Waals surface area contributed by atoms with Crippen molar-refractivity contribution < 1.29 is 8.78 Å². The van der Waals surface area contributed by atoms with E-state index in [-0.39, 0.29) is 24.8 Å². The van der Waals surface area contributed by atoms with E-state index in [4.69, 9.17) is 5.73 Å². The molecule has 2 fully saturated rings. The van der Waals surface area contributed by atoms with Crippen LogP contribution in [0.3, 0.4) is 0 Å². The molecular weight excluding hydrogens is 236 g/mol. The van der Waals surface area contributed by atoms with Crippen molar-refractivity contribution in [3.05, 3.63) is 0 Å². The Morgan fingerprint density at radius 3 is 2.67 bits per heavy atom. The summed E-state index contributed by atoms with van der Waals surface area (Å²) in [5.74, 6) is -2.34. The zero-order valence-corrected chi connectivity index (χ0v) is 11.4. The lowest BCUT2D eigenvalue weighted by Crippen LogP contribution is -2.57. The lowest BCUT2D eigenvalue weighted by Gasteiger charge is -2.41. The first-order valence-electron chi connectivity index (χ1n) is 6.89. The van der Waals surface area contributed by atoms with Gasteiger partial charge in [0, 0.05) is 44.6 Å². The molecule has 1 aliphatic carbocycles. The minimum absolute atomic E-state index is 0.0108. The molecule has 0 spiro atoms. The summed E-state index contributed by atoms with van der Waals surface area (Å²) in [4.78, 5) is 4.55. The fraction of sp³-hybridized carbons (Fsp3) is 1.00. The monoisotopic (exact) mass is 261 g/mol. The van der Waals surface area contributed by atoms with Crippen molar-refractivity contribution in [2.75, 3.05) is 33.7 Å². The van der Waals surface area contributed by atoms with Crippen LogP contribution in [0.2, 0.25) is 0 Å². The quantitative estimate of drug-likeness (QED) is 0.833. The van der Waals surface area contributed by atoms with Gasteiger partial charge < -0.3 is 10.6 Å². The van der Waals surface area contributed by atoms with Gasteiger partial charge in [-0.3, -0.25) is 4.90 Å². The fourth-order valence-corrected chi connectivity index (χ4v) is 3.29. The molecule has 2 aliphatic rings. The van der Waals surface area contributed by atoms with Crippen LogP contribution < -0.4 is 5.73 Å². The second-order valence-corrected chi connectivity index (χ2v) is 6.17. The highest BCUT2D eigenvalue weighted by atomic mass is 19.3. The van der Waals surface area contributed by atoms with Crippen molar-refractivity contribution in [3.8, 4) is 0 Å². The first-order chi connectivity index (χ1) is 8.37. The van der Waals surface area contributed by atoms with Gasteiger partial charge in [0.1, 0.15) is 0 Å². The summed E-state index contributed by atoms with van der Waals surface area (Å²) in [6.07, 6.45) is 1.45. The van der Waals surface area contributed by atoms with E-state index < -0.39 is 5.92 Å². The SMILES string of the molecule is CN1CCN(C)C(C(N)CC2CCC(F)(F)C2)C1. The average molecular weight is 261 g/mol. The number of piperazine rings is 1. The van der Waals surface area contributed by atoms with E-state index in [0.29, 0.717) is 12.5 Å². The number of alkyl halides is 2. The zero-order valence-electron chi connectivity index (χ0n) is 11.4. The van der Waals surface area contributed by atoms with Gasteiger partial charge in [0.15, 0.2) is 0 Å². The maximum Gasteiger partial charge on any atom is 0.248 e. The van der Waals surface area contributed by atoms with Gasteiger partial charge >= 0.3 is 0 Å². The van der Waals surface area contributed by atoms with Gasteiger partial charge in [0.25, 0.3) is 0 Å². The Labute approximate surface area is 108 Å². The molecule has 2 N–H and O–H groups in total. The van der Waals surface area contributed by atoms with Crippen LogP contribution >= 0.6 is 0 Å². The molecule has 0 aromatic carbocycles. The molecule has 0 aromatic heterocycles. The first-order valence-corrected chi connectivity index (χ1v) is 6.89. The molecule has 1 heterocycles. The molecule has 1 saturated heterocycles. The van der Waals surface area contributed by atoms with E-state index in [2.05, 4.69) is 23.9 Å². The Balaban J connectivity index is 1.85. The molecule has 0 aromatic rings. The molecule has 3 nitrogen and oxygen atoms in total. The summed E-state index contributed by atoms with van der Waals surface area (Å²) in [6, 6.07) is 0.314.